The highest BCUT2D eigenvalue weighted by molar-refractivity contribution is 5.69. The highest BCUT2D eigenvalue weighted by Crippen LogP contribution is 2.29. The zero-order chi connectivity index (χ0) is 24.0. The summed E-state index contributed by atoms with van der Waals surface area (Å²) in [6.07, 6.45) is 0.672. The Hall–Kier alpha value is -3.36. The lowest BCUT2D eigenvalue weighted by Crippen LogP contribution is -2.07. The molecule has 33 heavy (non-hydrogen) atoms. The summed E-state index contributed by atoms with van der Waals surface area (Å²) >= 11 is 0. The Morgan fingerprint density at radius 1 is 1.06 bits per heavy atom. The molecule has 0 N–H and O–H groups in total. The Labute approximate surface area is 190 Å². The number of nitrogens with zero attached hydrogens (tertiary/aromatic N) is 3. The summed E-state index contributed by atoms with van der Waals surface area (Å²) in [5.74, 6) is 1.30. The summed E-state index contributed by atoms with van der Waals surface area (Å²) in [5.41, 5.74) is 1.15. The third kappa shape index (κ3) is 6.81. The minimum Gasteiger partial charge on any atom is -0.494 e. The molecule has 3 aromatic rings. The number of aromatic nitrogens is 3. The van der Waals surface area contributed by atoms with Crippen LogP contribution in [0.3, 0.4) is 0 Å². The Morgan fingerprint density at radius 2 is 1.76 bits per heavy atom. The van der Waals surface area contributed by atoms with Gasteiger partial charge in [0.15, 0.2) is 5.82 Å². The van der Waals surface area contributed by atoms with Crippen LogP contribution in [-0.2, 0) is 17.4 Å². The summed E-state index contributed by atoms with van der Waals surface area (Å²) in [7, 11) is 0. The predicted molar refractivity (Wildman–Crippen MR) is 117 cm³/mol. The average Bonchev–Trinajstić information content (AvgIpc) is 3.18. The number of pyridine rings is 1. The third-order valence-corrected chi connectivity index (χ3v) is 4.87. The first-order chi connectivity index (χ1) is 15.6. The fraction of sp³-hybridized carbons (Fsp3) is 0.375. The molecular formula is C24H26F3N3O3. The maximum Gasteiger partial charge on any atom is 0.417 e. The summed E-state index contributed by atoms with van der Waals surface area (Å²) in [4.78, 5) is 14.9. The summed E-state index contributed by atoms with van der Waals surface area (Å²) in [6.45, 7) is 5.93. The van der Waals surface area contributed by atoms with Gasteiger partial charge in [0.1, 0.15) is 11.5 Å². The van der Waals surface area contributed by atoms with Crippen molar-refractivity contribution in [3.8, 4) is 17.3 Å². The first kappa shape index (κ1) is 24.3. The van der Waals surface area contributed by atoms with Crippen molar-refractivity contribution < 1.29 is 27.4 Å². The fourth-order valence-corrected chi connectivity index (χ4v) is 3.29. The van der Waals surface area contributed by atoms with Crippen LogP contribution >= 0.6 is 0 Å². The summed E-state index contributed by atoms with van der Waals surface area (Å²) in [5, 5.41) is 4.55. The number of hydrogen-bond donors (Lipinski definition) is 0. The minimum absolute atomic E-state index is 0.169. The summed E-state index contributed by atoms with van der Waals surface area (Å²) < 4.78 is 50.6. The maximum atomic E-state index is 12.8. The van der Waals surface area contributed by atoms with Gasteiger partial charge in [-0.05, 0) is 67.1 Å². The monoisotopic (exact) mass is 461 g/mol. The van der Waals surface area contributed by atoms with Gasteiger partial charge in [-0.15, -0.1) is 0 Å². The zero-order valence-corrected chi connectivity index (χ0v) is 18.7. The lowest BCUT2D eigenvalue weighted by molar-refractivity contribution is -0.138. The van der Waals surface area contributed by atoms with Crippen molar-refractivity contribution in [2.24, 2.45) is 0 Å². The van der Waals surface area contributed by atoms with E-state index in [-0.39, 0.29) is 11.9 Å². The summed E-state index contributed by atoms with van der Waals surface area (Å²) in [6, 6.07) is 9.18. The Bertz CT molecular complexity index is 1060. The second-order valence-electron chi connectivity index (χ2n) is 7.91. The van der Waals surface area contributed by atoms with Crippen molar-refractivity contribution in [2.75, 3.05) is 6.61 Å². The van der Waals surface area contributed by atoms with Gasteiger partial charge in [-0.2, -0.15) is 18.3 Å². The predicted octanol–water partition coefficient (Wildman–Crippen LogP) is 5.74. The van der Waals surface area contributed by atoms with Gasteiger partial charge < -0.3 is 9.47 Å². The van der Waals surface area contributed by atoms with Crippen molar-refractivity contribution in [1.29, 1.82) is 0 Å². The van der Waals surface area contributed by atoms with Crippen LogP contribution in [0.1, 0.15) is 56.4 Å². The first-order valence-electron chi connectivity index (χ1n) is 10.7. The molecule has 0 aliphatic heterocycles. The van der Waals surface area contributed by atoms with Gasteiger partial charge >= 0.3 is 12.1 Å². The first-order valence-corrected chi connectivity index (χ1v) is 10.7. The number of aryl methyl sites for hydroxylation is 1. The molecule has 3 rings (SSSR count). The van der Waals surface area contributed by atoms with Gasteiger partial charge in [-0.3, -0.25) is 4.79 Å². The lowest BCUT2D eigenvalue weighted by Gasteiger charge is -2.08. The van der Waals surface area contributed by atoms with Gasteiger partial charge in [0.05, 0.1) is 17.9 Å². The second kappa shape index (κ2) is 10.5. The molecule has 0 saturated heterocycles. The van der Waals surface area contributed by atoms with E-state index in [2.05, 4.69) is 10.1 Å². The van der Waals surface area contributed by atoms with E-state index in [1.807, 2.05) is 20.0 Å². The normalized spacial score (nSPS) is 11.6. The number of carbonyl (C=O) groups excluding carboxylic acids is 1. The molecule has 0 unspecified atom stereocenters. The van der Waals surface area contributed by atoms with Crippen LogP contribution in [0.25, 0.3) is 5.82 Å². The van der Waals surface area contributed by atoms with Crippen molar-refractivity contribution in [1.82, 2.24) is 14.8 Å². The average molecular weight is 461 g/mol. The number of rotatable bonds is 9. The topological polar surface area (TPSA) is 66.2 Å². The van der Waals surface area contributed by atoms with Gasteiger partial charge in [0, 0.05) is 19.3 Å². The Kier molecular flexibility index (Phi) is 7.73. The van der Waals surface area contributed by atoms with E-state index in [0.29, 0.717) is 23.9 Å². The van der Waals surface area contributed by atoms with Crippen LogP contribution in [0.2, 0.25) is 0 Å². The standard InChI is InChI=1S/C24H26F3N3O3/c1-16(2)23-18(15-30(29-23)22-12-7-19(14-28-22)24(25,26)27)6-4-5-13-32-20-8-10-21(11-9-20)33-17(3)31/h7-12,14-16H,4-6,13H2,1-3H3. The Morgan fingerprint density at radius 3 is 2.33 bits per heavy atom. The van der Waals surface area contributed by atoms with E-state index in [9.17, 15) is 18.0 Å². The van der Waals surface area contributed by atoms with Crippen LogP contribution in [0, 0.1) is 0 Å². The molecule has 0 atom stereocenters. The van der Waals surface area contributed by atoms with E-state index in [1.54, 1.807) is 24.3 Å². The number of ether oxygens (including phenoxy) is 2. The molecule has 6 nitrogen and oxygen atoms in total. The van der Waals surface area contributed by atoms with Crippen LogP contribution in [0.5, 0.6) is 11.5 Å². The van der Waals surface area contributed by atoms with Crippen LogP contribution in [0.15, 0.2) is 48.8 Å². The highest BCUT2D eigenvalue weighted by Gasteiger charge is 2.30. The minimum atomic E-state index is -4.42. The zero-order valence-electron chi connectivity index (χ0n) is 18.7. The number of hydrogen-bond acceptors (Lipinski definition) is 5. The molecule has 9 heteroatoms. The quantitative estimate of drug-likeness (QED) is 0.231. The highest BCUT2D eigenvalue weighted by atomic mass is 19.4. The van der Waals surface area contributed by atoms with Gasteiger partial charge in [0.25, 0.3) is 0 Å². The van der Waals surface area contributed by atoms with E-state index in [0.717, 1.165) is 42.8 Å². The van der Waals surface area contributed by atoms with E-state index in [4.69, 9.17) is 9.47 Å². The molecule has 0 fully saturated rings. The van der Waals surface area contributed by atoms with Crippen molar-refractivity contribution in [3.05, 3.63) is 65.6 Å². The number of carbonyl (C=O) groups is 1. The largest absolute Gasteiger partial charge is 0.494 e. The molecule has 0 aliphatic carbocycles. The fourth-order valence-electron chi connectivity index (χ4n) is 3.29. The lowest BCUT2D eigenvalue weighted by atomic mass is 10.0. The van der Waals surface area contributed by atoms with Gasteiger partial charge in [-0.25, -0.2) is 9.67 Å². The van der Waals surface area contributed by atoms with Crippen LogP contribution in [-0.4, -0.2) is 27.3 Å². The molecule has 0 spiro atoms. The molecule has 176 valence electrons. The molecule has 0 radical (unpaired) electrons. The molecule has 0 saturated carbocycles. The molecule has 2 heterocycles. The Balaban J connectivity index is 1.55. The molecule has 1 aromatic carbocycles. The molecular weight excluding hydrogens is 435 g/mol. The maximum absolute atomic E-state index is 12.8. The smallest absolute Gasteiger partial charge is 0.417 e. The van der Waals surface area contributed by atoms with Crippen LogP contribution in [0.4, 0.5) is 13.2 Å². The molecule has 0 aliphatic rings. The van der Waals surface area contributed by atoms with Crippen molar-refractivity contribution in [3.63, 3.8) is 0 Å². The number of esters is 1. The molecule has 0 amide bonds. The number of halogens is 3. The molecule has 2 aromatic heterocycles. The van der Waals surface area contributed by atoms with Crippen molar-refractivity contribution in [2.45, 2.75) is 52.1 Å². The molecule has 0 bridgehead atoms. The van der Waals surface area contributed by atoms with E-state index in [1.165, 1.54) is 17.7 Å². The number of unbranched alkanes of at least 4 members (excludes halogenated alkanes) is 1. The second-order valence-corrected chi connectivity index (χ2v) is 7.91. The number of alkyl halides is 3. The van der Waals surface area contributed by atoms with Crippen molar-refractivity contribution >= 4 is 5.97 Å². The van der Waals surface area contributed by atoms with E-state index < -0.39 is 11.7 Å². The van der Waals surface area contributed by atoms with Crippen LogP contribution < -0.4 is 9.47 Å². The van der Waals surface area contributed by atoms with E-state index >= 15 is 0 Å². The number of benzene rings is 1. The third-order valence-electron chi connectivity index (χ3n) is 4.87. The van der Waals surface area contributed by atoms with Gasteiger partial charge in [0.2, 0.25) is 0 Å². The van der Waals surface area contributed by atoms with Gasteiger partial charge in [-0.1, -0.05) is 13.8 Å². The SMILES string of the molecule is CC(=O)Oc1ccc(OCCCCc2cn(-c3ccc(C(F)(F)F)cn3)nc2C(C)C)cc1.